The number of methoxy groups -OCH3 is 1. The first-order chi connectivity index (χ1) is 12.6. The van der Waals surface area contributed by atoms with Crippen LogP contribution in [0.4, 0.5) is 0 Å². The number of nitrogens with two attached hydrogens (primary N) is 1. The van der Waals surface area contributed by atoms with Crippen molar-refractivity contribution in [3.63, 3.8) is 0 Å². The van der Waals surface area contributed by atoms with Gasteiger partial charge >= 0.3 is 0 Å². The van der Waals surface area contributed by atoms with Gasteiger partial charge in [-0.2, -0.15) is 0 Å². The lowest BCUT2D eigenvalue weighted by atomic mass is 10.1. The molecule has 0 aliphatic heterocycles. The van der Waals surface area contributed by atoms with E-state index in [2.05, 4.69) is 12.2 Å². The molecule has 1 amide bonds. The Hall–Kier alpha value is -2.53. The van der Waals surface area contributed by atoms with Crippen LogP contribution in [0.5, 0.6) is 11.5 Å². The molecule has 0 radical (unpaired) electrons. The van der Waals surface area contributed by atoms with Crippen molar-refractivity contribution in [2.75, 3.05) is 13.7 Å². The summed E-state index contributed by atoms with van der Waals surface area (Å²) in [6, 6.07) is 14.9. The Morgan fingerprint density at radius 3 is 2.58 bits per heavy atom. The molecule has 2 rings (SSSR count). The molecule has 0 aliphatic rings. The smallest absolute Gasteiger partial charge is 0.237 e. The lowest BCUT2D eigenvalue weighted by molar-refractivity contribution is -0.122. The SMILES string of the molecule is CCCCOc1ccc(CNC(=O)C(N)Cc2ccccc2)cc1OC. The number of hydrogen-bond donors (Lipinski definition) is 2. The van der Waals surface area contributed by atoms with Crippen LogP contribution in [0.1, 0.15) is 30.9 Å². The number of ether oxygens (including phenoxy) is 2. The Morgan fingerprint density at radius 1 is 1.12 bits per heavy atom. The minimum Gasteiger partial charge on any atom is -0.493 e. The van der Waals surface area contributed by atoms with Crippen molar-refractivity contribution in [2.45, 2.75) is 38.8 Å². The fourth-order valence-electron chi connectivity index (χ4n) is 2.55. The van der Waals surface area contributed by atoms with E-state index in [-0.39, 0.29) is 5.91 Å². The molecule has 0 saturated carbocycles. The number of hydrogen-bond acceptors (Lipinski definition) is 4. The van der Waals surface area contributed by atoms with E-state index >= 15 is 0 Å². The van der Waals surface area contributed by atoms with Gasteiger partial charge in [-0.3, -0.25) is 4.79 Å². The Labute approximate surface area is 155 Å². The van der Waals surface area contributed by atoms with Crippen LogP contribution in [-0.4, -0.2) is 25.7 Å². The van der Waals surface area contributed by atoms with Gasteiger partial charge < -0.3 is 20.5 Å². The summed E-state index contributed by atoms with van der Waals surface area (Å²) in [6.07, 6.45) is 2.59. The highest BCUT2D eigenvalue weighted by atomic mass is 16.5. The first-order valence-electron chi connectivity index (χ1n) is 9.01. The van der Waals surface area contributed by atoms with Crippen LogP contribution in [0.15, 0.2) is 48.5 Å². The van der Waals surface area contributed by atoms with E-state index in [1.807, 2.05) is 48.5 Å². The van der Waals surface area contributed by atoms with Gasteiger partial charge in [-0.15, -0.1) is 0 Å². The molecule has 0 fully saturated rings. The van der Waals surface area contributed by atoms with Crippen LogP contribution >= 0.6 is 0 Å². The third-order valence-electron chi connectivity index (χ3n) is 4.09. The first kappa shape index (κ1) is 19.8. The van der Waals surface area contributed by atoms with Crippen LogP contribution in [0, 0.1) is 0 Å². The average molecular weight is 356 g/mol. The molecule has 0 aromatic heterocycles. The molecular weight excluding hydrogens is 328 g/mol. The van der Waals surface area contributed by atoms with E-state index in [1.54, 1.807) is 7.11 Å². The van der Waals surface area contributed by atoms with Crippen molar-refractivity contribution in [1.29, 1.82) is 0 Å². The van der Waals surface area contributed by atoms with E-state index in [1.165, 1.54) is 0 Å². The number of carbonyl (C=O) groups excluding carboxylic acids is 1. The molecule has 1 unspecified atom stereocenters. The summed E-state index contributed by atoms with van der Waals surface area (Å²) in [4.78, 5) is 12.2. The van der Waals surface area contributed by atoms with Gasteiger partial charge in [0.1, 0.15) is 0 Å². The maximum atomic E-state index is 12.2. The van der Waals surface area contributed by atoms with Crippen LogP contribution in [-0.2, 0) is 17.8 Å². The summed E-state index contributed by atoms with van der Waals surface area (Å²) in [5.74, 6) is 1.22. The standard InChI is InChI=1S/C21H28N2O3/c1-3-4-12-26-19-11-10-17(14-20(19)25-2)15-23-21(24)18(22)13-16-8-6-5-7-9-16/h5-11,14,18H,3-4,12-13,15,22H2,1-2H3,(H,23,24). The van der Waals surface area contributed by atoms with Gasteiger partial charge in [-0.1, -0.05) is 49.7 Å². The minimum absolute atomic E-state index is 0.170. The Kier molecular flexibility index (Phi) is 7.96. The van der Waals surface area contributed by atoms with Crippen molar-refractivity contribution in [3.05, 3.63) is 59.7 Å². The second kappa shape index (κ2) is 10.5. The molecule has 0 bridgehead atoms. The zero-order valence-corrected chi connectivity index (χ0v) is 15.5. The molecule has 5 nitrogen and oxygen atoms in total. The zero-order chi connectivity index (χ0) is 18.8. The summed E-state index contributed by atoms with van der Waals surface area (Å²) in [6.45, 7) is 3.18. The minimum atomic E-state index is -0.573. The van der Waals surface area contributed by atoms with Crippen molar-refractivity contribution in [3.8, 4) is 11.5 Å². The predicted octanol–water partition coefficient (Wildman–Crippen LogP) is 3.06. The Morgan fingerprint density at radius 2 is 1.88 bits per heavy atom. The molecule has 0 heterocycles. The van der Waals surface area contributed by atoms with Crippen molar-refractivity contribution in [2.24, 2.45) is 5.73 Å². The van der Waals surface area contributed by atoms with E-state index in [0.29, 0.717) is 25.3 Å². The second-order valence-corrected chi connectivity index (χ2v) is 6.20. The van der Waals surface area contributed by atoms with Crippen LogP contribution in [0.25, 0.3) is 0 Å². The van der Waals surface area contributed by atoms with Gasteiger partial charge in [0.15, 0.2) is 11.5 Å². The molecule has 3 N–H and O–H groups in total. The molecule has 2 aromatic rings. The third kappa shape index (κ3) is 6.08. The van der Waals surface area contributed by atoms with E-state index in [9.17, 15) is 4.79 Å². The molecule has 0 aliphatic carbocycles. The number of rotatable bonds is 10. The van der Waals surface area contributed by atoms with E-state index < -0.39 is 6.04 Å². The maximum absolute atomic E-state index is 12.2. The fourth-order valence-corrected chi connectivity index (χ4v) is 2.55. The first-order valence-corrected chi connectivity index (χ1v) is 9.01. The lowest BCUT2D eigenvalue weighted by Gasteiger charge is -2.14. The highest BCUT2D eigenvalue weighted by molar-refractivity contribution is 5.81. The van der Waals surface area contributed by atoms with Crippen molar-refractivity contribution >= 4 is 5.91 Å². The van der Waals surface area contributed by atoms with Crippen LogP contribution < -0.4 is 20.5 Å². The van der Waals surface area contributed by atoms with Gasteiger partial charge in [0.25, 0.3) is 0 Å². The predicted molar refractivity (Wildman–Crippen MR) is 103 cm³/mol. The van der Waals surface area contributed by atoms with Crippen molar-refractivity contribution < 1.29 is 14.3 Å². The Balaban J connectivity index is 1.88. The lowest BCUT2D eigenvalue weighted by Crippen LogP contribution is -2.41. The molecule has 2 aromatic carbocycles. The second-order valence-electron chi connectivity index (χ2n) is 6.20. The van der Waals surface area contributed by atoms with Crippen LogP contribution in [0.3, 0.4) is 0 Å². The molecule has 0 saturated heterocycles. The molecule has 1 atom stereocenters. The topological polar surface area (TPSA) is 73.6 Å². The van der Waals surface area contributed by atoms with Gasteiger partial charge in [0.2, 0.25) is 5.91 Å². The number of unbranched alkanes of at least 4 members (excludes halogenated alkanes) is 1. The third-order valence-corrected chi connectivity index (χ3v) is 4.09. The summed E-state index contributed by atoms with van der Waals surface area (Å²) in [5.41, 5.74) is 7.99. The van der Waals surface area contributed by atoms with E-state index in [0.717, 1.165) is 29.7 Å². The summed E-state index contributed by atoms with van der Waals surface area (Å²) in [7, 11) is 1.61. The summed E-state index contributed by atoms with van der Waals surface area (Å²) >= 11 is 0. The van der Waals surface area contributed by atoms with Gasteiger partial charge in [-0.05, 0) is 36.1 Å². The maximum Gasteiger partial charge on any atom is 0.237 e. The number of benzene rings is 2. The molecular formula is C21H28N2O3. The van der Waals surface area contributed by atoms with Gasteiger partial charge in [-0.25, -0.2) is 0 Å². The molecule has 5 heteroatoms. The molecule has 26 heavy (non-hydrogen) atoms. The average Bonchev–Trinajstić information content (AvgIpc) is 2.67. The van der Waals surface area contributed by atoms with Crippen molar-refractivity contribution in [1.82, 2.24) is 5.32 Å². The van der Waals surface area contributed by atoms with Crippen LogP contribution in [0.2, 0.25) is 0 Å². The summed E-state index contributed by atoms with van der Waals surface area (Å²) < 4.78 is 11.1. The number of nitrogens with one attached hydrogen (secondary N) is 1. The zero-order valence-electron chi connectivity index (χ0n) is 15.5. The van der Waals surface area contributed by atoms with Gasteiger partial charge in [0, 0.05) is 6.54 Å². The Bertz CT molecular complexity index is 689. The molecule has 140 valence electrons. The fraction of sp³-hybridized carbons (Fsp3) is 0.381. The van der Waals surface area contributed by atoms with E-state index in [4.69, 9.17) is 15.2 Å². The summed E-state index contributed by atoms with van der Waals surface area (Å²) in [5, 5.41) is 2.88. The largest absolute Gasteiger partial charge is 0.493 e. The number of amides is 1. The number of carbonyl (C=O) groups is 1. The highest BCUT2D eigenvalue weighted by Crippen LogP contribution is 2.28. The van der Waals surface area contributed by atoms with Gasteiger partial charge in [0.05, 0.1) is 19.8 Å². The molecule has 0 spiro atoms. The quantitative estimate of drug-likeness (QED) is 0.642. The highest BCUT2D eigenvalue weighted by Gasteiger charge is 2.14. The monoisotopic (exact) mass is 356 g/mol. The normalized spacial score (nSPS) is 11.7.